The molecule has 1 aliphatic heterocycles. The fourth-order valence-corrected chi connectivity index (χ4v) is 6.50. The van der Waals surface area contributed by atoms with Gasteiger partial charge in [0.1, 0.15) is 11.3 Å². The molecule has 0 aliphatic carbocycles. The predicted molar refractivity (Wildman–Crippen MR) is 94.0 cm³/mol. The minimum absolute atomic E-state index is 0.914. The average molecular weight is 326 g/mol. The summed E-state index contributed by atoms with van der Waals surface area (Å²) in [7, 11) is -1.64. The van der Waals surface area contributed by atoms with E-state index in [0.29, 0.717) is 0 Å². The van der Waals surface area contributed by atoms with Gasteiger partial charge in [0.15, 0.2) is 11.1 Å². The first kappa shape index (κ1) is 14.7. The summed E-state index contributed by atoms with van der Waals surface area (Å²) in [6, 6.07) is 8.32. The molecule has 5 heteroatoms. The summed E-state index contributed by atoms with van der Waals surface area (Å²) in [6.07, 6.45) is 5.76. The Bertz CT molecular complexity index is 817. The highest BCUT2D eigenvalue weighted by atomic mass is 28.3. The van der Waals surface area contributed by atoms with Crippen molar-refractivity contribution in [1.82, 2.24) is 9.55 Å². The van der Waals surface area contributed by atoms with Gasteiger partial charge in [-0.15, -0.1) is 0 Å². The number of para-hydroxylation sites is 1. The quantitative estimate of drug-likeness (QED) is 0.693. The molecule has 1 atom stereocenters. The number of piperidine rings is 1. The second-order valence-corrected chi connectivity index (χ2v) is 9.16. The van der Waals surface area contributed by atoms with E-state index < -0.39 is 8.96 Å². The molecule has 0 saturated carbocycles. The second kappa shape index (κ2) is 5.98. The lowest BCUT2D eigenvalue weighted by atomic mass is 10.2. The van der Waals surface area contributed by atoms with Crippen LogP contribution in [0.15, 0.2) is 39.4 Å². The zero-order valence-corrected chi connectivity index (χ0v) is 14.9. The molecule has 2 aromatic heterocycles. The second-order valence-electron chi connectivity index (χ2n) is 6.47. The maximum Gasteiger partial charge on any atom is 0.248 e. The molecule has 4 rings (SSSR count). The molecule has 3 heterocycles. The third-order valence-electron chi connectivity index (χ3n) is 4.68. The van der Waals surface area contributed by atoms with E-state index in [0.717, 1.165) is 41.0 Å². The molecule has 3 aromatic rings. The number of furan rings is 1. The number of nitrogens with zero attached hydrogens (tertiary/aromatic N) is 2. The van der Waals surface area contributed by atoms with Gasteiger partial charge in [-0.1, -0.05) is 18.6 Å². The lowest BCUT2D eigenvalue weighted by Gasteiger charge is -2.31. The largest absolute Gasteiger partial charge is 0.470 e. The molecular weight excluding hydrogens is 304 g/mol. The Labute approximate surface area is 137 Å². The number of rotatable bonds is 3. The fraction of sp³-hybridized carbons (Fsp3) is 0.389. The first-order valence-electron chi connectivity index (χ1n) is 8.37. The molecule has 120 valence electrons. The van der Waals surface area contributed by atoms with Crippen LogP contribution in [0.3, 0.4) is 0 Å². The number of hydrogen-bond acceptors (Lipinski definition) is 4. The van der Waals surface area contributed by atoms with Crippen molar-refractivity contribution in [1.29, 1.82) is 0 Å². The lowest BCUT2D eigenvalue weighted by Crippen LogP contribution is -2.58. The van der Waals surface area contributed by atoms with E-state index in [1.165, 1.54) is 24.4 Å². The van der Waals surface area contributed by atoms with Gasteiger partial charge >= 0.3 is 0 Å². The highest BCUT2D eigenvalue weighted by Crippen LogP contribution is 2.17. The van der Waals surface area contributed by atoms with Gasteiger partial charge < -0.3 is 13.4 Å². The first-order valence-corrected chi connectivity index (χ1v) is 10.0. The van der Waals surface area contributed by atoms with Crippen LogP contribution in [-0.4, -0.2) is 31.6 Å². The van der Waals surface area contributed by atoms with Crippen LogP contribution in [0, 0.1) is 13.8 Å². The minimum Gasteiger partial charge on any atom is -0.470 e. The average Bonchev–Trinajstić information content (AvgIpc) is 3.16. The molecule has 23 heavy (non-hydrogen) atoms. The van der Waals surface area contributed by atoms with Crippen LogP contribution < -0.4 is 10.7 Å². The van der Waals surface area contributed by atoms with E-state index >= 15 is 0 Å². The molecule has 1 aromatic carbocycles. The van der Waals surface area contributed by atoms with Crippen molar-refractivity contribution in [3.63, 3.8) is 0 Å². The lowest BCUT2D eigenvalue weighted by molar-refractivity contribution is 0.355. The van der Waals surface area contributed by atoms with Gasteiger partial charge in [0.2, 0.25) is 8.96 Å². The number of oxazole rings is 1. The first-order chi connectivity index (χ1) is 11.2. The number of aryl methyl sites for hydroxylation is 2. The van der Waals surface area contributed by atoms with Crippen LogP contribution in [-0.2, 0) is 0 Å². The summed E-state index contributed by atoms with van der Waals surface area (Å²) in [5, 5.41) is 1.27. The number of fused-ring (bicyclic) bond motifs is 1. The molecule has 0 amide bonds. The molecule has 1 aliphatic rings. The zero-order valence-electron chi connectivity index (χ0n) is 13.7. The molecule has 1 saturated heterocycles. The zero-order chi connectivity index (χ0) is 15.8. The van der Waals surface area contributed by atoms with Crippen LogP contribution >= 0.6 is 0 Å². The summed E-state index contributed by atoms with van der Waals surface area (Å²) in [5.74, 6) is 0.960. The minimum atomic E-state index is -1.64. The van der Waals surface area contributed by atoms with Crippen LogP contribution in [0.2, 0.25) is 0 Å². The normalized spacial score (nSPS) is 17.7. The summed E-state index contributed by atoms with van der Waals surface area (Å²) in [6.45, 7) is 6.36. The molecular formula is C18H22N2O2Si. The SMILES string of the molecule is Cc1cc([SiH](c2nc3cccc(C)c3o2)N2CCCCC2)co1. The summed E-state index contributed by atoms with van der Waals surface area (Å²) in [4.78, 5) is 4.85. The van der Waals surface area contributed by atoms with Crippen molar-refractivity contribution in [3.8, 4) is 0 Å². The molecule has 0 bridgehead atoms. The van der Waals surface area contributed by atoms with Crippen LogP contribution in [0.25, 0.3) is 11.1 Å². The van der Waals surface area contributed by atoms with Gasteiger partial charge in [0, 0.05) is 5.19 Å². The summed E-state index contributed by atoms with van der Waals surface area (Å²) in [5.41, 5.74) is 3.96. The van der Waals surface area contributed by atoms with Crippen molar-refractivity contribution < 1.29 is 8.83 Å². The van der Waals surface area contributed by atoms with Crippen LogP contribution in [0.4, 0.5) is 0 Å². The van der Waals surface area contributed by atoms with Crippen molar-refractivity contribution in [2.45, 2.75) is 33.1 Å². The van der Waals surface area contributed by atoms with Crippen molar-refractivity contribution in [2.24, 2.45) is 0 Å². The van der Waals surface area contributed by atoms with Crippen LogP contribution in [0.1, 0.15) is 30.6 Å². The standard InChI is InChI=1S/C18H22N2O2Si/c1-13-7-6-8-16-17(13)22-18(19-16)23(15-11-14(2)21-12-15)20-9-4-3-5-10-20/h6-8,11-12,23H,3-5,9-10H2,1-2H3. The molecule has 0 radical (unpaired) electrons. The fourth-order valence-electron chi connectivity index (χ4n) is 3.51. The molecule has 0 N–H and O–H groups in total. The van der Waals surface area contributed by atoms with Gasteiger partial charge in [-0.05, 0) is 57.5 Å². The predicted octanol–water partition coefficient (Wildman–Crippen LogP) is 2.36. The summed E-state index contributed by atoms with van der Waals surface area (Å²) < 4.78 is 14.4. The molecule has 4 nitrogen and oxygen atoms in total. The van der Waals surface area contributed by atoms with Crippen LogP contribution in [0.5, 0.6) is 0 Å². The van der Waals surface area contributed by atoms with Crippen molar-refractivity contribution in [2.75, 3.05) is 13.1 Å². The third kappa shape index (κ3) is 2.75. The Morgan fingerprint density at radius 2 is 1.96 bits per heavy atom. The van der Waals surface area contributed by atoms with E-state index in [9.17, 15) is 0 Å². The van der Waals surface area contributed by atoms with Gasteiger partial charge in [-0.3, -0.25) is 0 Å². The van der Waals surface area contributed by atoms with Gasteiger partial charge in [-0.25, -0.2) is 4.98 Å². The van der Waals surface area contributed by atoms with E-state index in [1.807, 2.05) is 25.3 Å². The Kier molecular flexibility index (Phi) is 3.83. The molecule has 1 unspecified atom stereocenters. The van der Waals surface area contributed by atoms with Gasteiger partial charge in [0.25, 0.3) is 0 Å². The van der Waals surface area contributed by atoms with E-state index in [2.05, 4.69) is 23.6 Å². The maximum absolute atomic E-state index is 6.25. The Hall–Kier alpha value is -1.85. The van der Waals surface area contributed by atoms with E-state index in [1.54, 1.807) is 0 Å². The monoisotopic (exact) mass is 326 g/mol. The highest BCUT2D eigenvalue weighted by molar-refractivity contribution is 6.81. The Balaban J connectivity index is 1.80. The molecule has 1 fully saturated rings. The van der Waals surface area contributed by atoms with Crippen molar-refractivity contribution in [3.05, 3.63) is 41.9 Å². The summed E-state index contributed by atoms with van der Waals surface area (Å²) >= 11 is 0. The number of aromatic nitrogens is 1. The van der Waals surface area contributed by atoms with Gasteiger partial charge in [0.05, 0.1) is 6.26 Å². The third-order valence-corrected chi connectivity index (χ3v) is 7.58. The maximum atomic E-state index is 6.25. The van der Waals surface area contributed by atoms with Crippen molar-refractivity contribution >= 4 is 30.8 Å². The Morgan fingerprint density at radius 1 is 1.13 bits per heavy atom. The Morgan fingerprint density at radius 3 is 2.65 bits per heavy atom. The smallest absolute Gasteiger partial charge is 0.248 e. The number of hydrogen-bond donors (Lipinski definition) is 0. The topological polar surface area (TPSA) is 42.4 Å². The van der Waals surface area contributed by atoms with E-state index in [-0.39, 0.29) is 0 Å². The van der Waals surface area contributed by atoms with E-state index in [4.69, 9.17) is 13.8 Å². The van der Waals surface area contributed by atoms with Gasteiger partial charge in [-0.2, -0.15) is 0 Å². The molecule has 0 spiro atoms. The highest BCUT2D eigenvalue weighted by Gasteiger charge is 2.32. The number of benzene rings is 1.